The summed E-state index contributed by atoms with van der Waals surface area (Å²) in [5.74, 6) is 0.930. The van der Waals surface area contributed by atoms with E-state index >= 15 is 0 Å². The Morgan fingerprint density at radius 3 is 2.84 bits per heavy atom. The molecule has 2 atom stereocenters. The summed E-state index contributed by atoms with van der Waals surface area (Å²) >= 11 is 0. The first-order chi connectivity index (χ1) is 9.28. The molecular weight excluding hydrogens is 242 g/mol. The molecule has 0 amide bonds. The van der Waals surface area contributed by atoms with Gasteiger partial charge < -0.3 is 15.0 Å². The molecule has 6 heteroatoms. The van der Waals surface area contributed by atoms with Crippen LogP contribution in [0.15, 0.2) is 18.6 Å². The van der Waals surface area contributed by atoms with Crippen LogP contribution in [0.3, 0.4) is 0 Å². The predicted molar refractivity (Wildman–Crippen MR) is 70.5 cm³/mol. The minimum atomic E-state index is 0.218. The first kappa shape index (κ1) is 12.3. The van der Waals surface area contributed by atoms with Gasteiger partial charge in [0.25, 0.3) is 0 Å². The maximum Gasteiger partial charge on any atom is 0.123 e. The van der Waals surface area contributed by atoms with Crippen LogP contribution in [0.4, 0.5) is 0 Å². The second kappa shape index (κ2) is 5.07. The van der Waals surface area contributed by atoms with Crippen LogP contribution in [-0.4, -0.2) is 39.7 Å². The van der Waals surface area contributed by atoms with Crippen molar-refractivity contribution in [2.24, 2.45) is 0 Å². The topological polar surface area (TPSA) is 75.7 Å². The SMILES string of the molecule is COC1CNC(c2ncc(-c3nccnc3C)[nH]2)C1. The standard InChI is InChI=1S/C13H17N5O/c1-8-12(15-4-3-14-8)11-7-17-13(18-11)10-5-9(19-2)6-16-10/h3-4,7,9-10,16H,5-6H2,1-2H3,(H,17,18). The summed E-state index contributed by atoms with van der Waals surface area (Å²) in [5.41, 5.74) is 2.65. The minimum Gasteiger partial charge on any atom is -0.380 e. The van der Waals surface area contributed by atoms with Crippen molar-refractivity contribution in [1.29, 1.82) is 0 Å². The molecule has 3 rings (SSSR count). The van der Waals surface area contributed by atoms with Gasteiger partial charge in [0, 0.05) is 26.0 Å². The van der Waals surface area contributed by atoms with E-state index in [2.05, 4.69) is 25.3 Å². The van der Waals surface area contributed by atoms with Gasteiger partial charge in [0.15, 0.2) is 0 Å². The van der Waals surface area contributed by atoms with Crippen molar-refractivity contribution in [3.63, 3.8) is 0 Å². The van der Waals surface area contributed by atoms with Crippen molar-refractivity contribution in [3.8, 4) is 11.4 Å². The van der Waals surface area contributed by atoms with E-state index in [-0.39, 0.29) is 12.1 Å². The Balaban J connectivity index is 1.82. The van der Waals surface area contributed by atoms with E-state index in [0.717, 1.165) is 35.9 Å². The lowest BCUT2D eigenvalue weighted by molar-refractivity contribution is 0.117. The normalized spacial score (nSPS) is 22.8. The predicted octanol–water partition coefficient (Wildman–Crippen LogP) is 1.22. The molecule has 19 heavy (non-hydrogen) atoms. The van der Waals surface area contributed by atoms with Crippen LogP contribution in [-0.2, 0) is 4.74 Å². The van der Waals surface area contributed by atoms with Gasteiger partial charge in [-0.2, -0.15) is 0 Å². The minimum absolute atomic E-state index is 0.218. The summed E-state index contributed by atoms with van der Waals surface area (Å²) in [4.78, 5) is 16.4. The van der Waals surface area contributed by atoms with E-state index in [4.69, 9.17) is 4.74 Å². The Hall–Kier alpha value is -1.79. The molecule has 0 aromatic carbocycles. The van der Waals surface area contributed by atoms with E-state index in [1.807, 2.05) is 13.1 Å². The summed E-state index contributed by atoms with van der Waals surface area (Å²) in [6, 6.07) is 0.218. The third-order valence-corrected chi connectivity index (χ3v) is 3.49. The van der Waals surface area contributed by atoms with Gasteiger partial charge in [-0.3, -0.25) is 9.97 Å². The zero-order valence-electron chi connectivity index (χ0n) is 11.1. The van der Waals surface area contributed by atoms with Crippen LogP contribution in [0.5, 0.6) is 0 Å². The van der Waals surface area contributed by atoms with Gasteiger partial charge in [0.05, 0.1) is 29.7 Å². The fourth-order valence-corrected chi connectivity index (χ4v) is 2.40. The lowest BCUT2D eigenvalue weighted by Gasteiger charge is -2.06. The third kappa shape index (κ3) is 2.36. The monoisotopic (exact) mass is 259 g/mol. The number of nitrogens with zero attached hydrogens (tertiary/aromatic N) is 3. The van der Waals surface area contributed by atoms with E-state index in [1.54, 1.807) is 19.5 Å². The van der Waals surface area contributed by atoms with E-state index < -0.39 is 0 Å². The molecule has 100 valence electrons. The number of ether oxygens (including phenoxy) is 1. The molecule has 1 saturated heterocycles. The summed E-state index contributed by atoms with van der Waals surface area (Å²) in [7, 11) is 1.74. The zero-order valence-corrected chi connectivity index (χ0v) is 11.1. The van der Waals surface area contributed by atoms with Gasteiger partial charge in [0.1, 0.15) is 11.5 Å². The fourth-order valence-electron chi connectivity index (χ4n) is 2.40. The van der Waals surface area contributed by atoms with Gasteiger partial charge in [0.2, 0.25) is 0 Å². The largest absolute Gasteiger partial charge is 0.380 e. The van der Waals surface area contributed by atoms with Gasteiger partial charge in [-0.1, -0.05) is 0 Å². The highest BCUT2D eigenvalue weighted by Gasteiger charge is 2.27. The highest BCUT2D eigenvalue weighted by atomic mass is 16.5. The number of aryl methyl sites for hydroxylation is 1. The van der Waals surface area contributed by atoms with Crippen LogP contribution in [0.2, 0.25) is 0 Å². The lowest BCUT2D eigenvalue weighted by Crippen LogP contribution is -2.16. The molecule has 1 fully saturated rings. The van der Waals surface area contributed by atoms with Crippen molar-refractivity contribution < 1.29 is 4.74 Å². The number of methoxy groups -OCH3 is 1. The molecule has 1 aliphatic heterocycles. The van der Waals surface area contributed by atoms with Crippen molar-refractivity contribution in [3.05, 3.63) is 30.1 Å². The number of rotatable bonds is 3. The first-order valence-electron chi connectivity index (χ1n) is 6.37. The van der Waals surface area contributed by atoms with Gasteiger partial charge in [-0.05, 0) is 13.3 Å². The molecule has 2 aromatic heterocycles. The molecule has 2 N–H and O–H groups in total. The highest BCUT2D eigenvalue weighted by molar-refractivity contribution is 5.55. The number of hydrogen-bond acceptors (Lipinski definition) is 5. The van der Waals surface area contributed by atoms with E-state index in [0.29, 0.717) is 0 Å². The van der Waals surface area contributed by atoms with Crippen LogP contribution < -0.4 is 5.32 Å². The van der Waals surface area contributed by atoms with E-state index in [1.165, 1.54) is 0 Å². The summed E-state index contributed by atoms with van der Waals surface area (Å²) in [6.07, 6.45) is 6.39. The quantitative estimate of drug-likeness (QED) is 0.867. The number of aromatic nitrogens is 4. The van der Waals surface area contributed by atoms with Crippen LogP contribution >= 0.6 is 0 Å². The van der Waals surface area contributed by atoms with Gasteiger partial charge in [-0.15, -0.1) is 0 Å². The summed E-state index contributed by atoms with van der Waals surface area (Å²) in [6.45, 7) is 2.80. The summed E-state index contributed by atoms with van der Waals surface area (Å²) in [5, 5.41) is 3.40. The maximum absolute atomic E-state index is 5.35. The Morgan fingerprint density at radius 2 is 2.11 bits per heavy atom. The maximum atomic E-state index is 5.35. The van der Waals surface area contributed by atoms with Crippen LogP contribution in [0.1, 0.15) is 24.0 Å². The summed E-state index contributed by atoms with van der Waals surface area (Å²) < 4.78 is 5.35. The van der Waals surface area contributed by atoms with Crippen molar-refractivity contribution in [2.75, 3.05) is 13.7 Å². The molecule has 0 bridgehead atoms. The second-order valence-corrected chi connectivity index (χ2v) is 4.73. The molecule has 0 radical (unpaired) electrons. The molecule has 2 unspecified atom stereocenters. The Morgan fingerprint density at radius 1 is 1.26 bits per heavy atom. The second-order valence-electron chi connectivity index (χ2n) is 4.73. The van der Waals surface area contributed by atoms with Crippen molar-refractivity contribution in [2.45, 2.75) is 25.5 Å². The number of hydrogen-bond donors (Lipinski definition) is 2. The number of aromatic amines is 1. The lowest BCUT2D eigenvalue weighted by atomic mass is 10.2. The Labute approximate surface area is 111 Å². The number of H-pyrrole nitrogens is 1. The molecular formula is C13H17N5O. The average Bonchev–Trinajstić information content (AvgIpc) is 3.08. The van der Waals surface area contributed by atoms with Crippen molar-refractivity contribution in [1.82, 2.24) is 25.3 Å². The third-order valence-electron chi connectivity index (χ3n) is 3.49. The molecule has 0 spiro atoms. The van der Waals surface area contributed by atoms with Crippen molar-refractivity contribution >= 4 is 0 Å². The van der Waals surface area contributed by atoms with Gasteiger partial charge in [-0.25, -0.2) is 4.98 Å². The van der Waals surface area contributed by atoms with Gasteiger partial charge >= 0.3 is 0 Å². The molecule has 0 aliphatic carbocycles. The molecule has 1 aliphatic rings. The molecule has 6 nitrogen and oxygen atoms in total. The first-order valence-corrected chi connectivity index (χ1v) is 6.37. The number of nitrogens with one attached hydrogen (secondary N) is 2. The highest BCUT2D eigenvalue weighted by Crippen LogP contribution is 2.25. The molecule has 3 heterocycles. The van der Waals surface area contributed by atoms with E-state index in [9.17, 15) is 0 Å². The Bertz CT molecular complexity index is 568. The fraction of sp³-hybridized carbons (Fsp3) is 0.462. The zero-order chi connectivity index (χ0) is 13.2. The van der Waals surface area contributed by atoms with Crippen LogP contribution in [0, 0.1) is 6.92 Å². The Kier molecular flexibility index (Phi) is 3.27. The number of imidazole rings is 1. The average molecular weight is 259 g/mol. The molecule has 2 aromatic rings. The smallest absolute Gasteiger partial charge is 0.123 e. The van der Waals surface area contributed by atoms with Crippen LogP contribution in [0.25, 0.3) is 11.4 Å². The molecule has 0 saturated carbocycles.